The standard InChI is InChI=1S/C37H54N8O3/c1-6-8-28(7-2)23-33(36(47)38-4)30(9-13-39-26-46)10-14-40-34(24-29-21-27(3)35-31(22-29)25-41-42-35)37(48)45-19-17-44(18-20-45)32-11-15-43(5)16-12-32/h6-8,21-23,25-26,30,32,34,40H,1-2,9-20,24H2,3-5H3,(H,38,47)(H,39,46)(H,41,42)/b28-8+,33-23-. The van der Waals surface area contributed by atoms with E-state index >= 15 is 0 Å². The van der Waals surface area contributed by atoms with Crippen molar-refractivity contribution in [3.8, 4) is 0 Å². The number of likely N-dealkylation sites (N-methyl/N-ethyl adjacent to an activating group) is 1. The molecule has 2 aliphatic heterocycles. The minimum atomic E-state index is -0.436. The average molecular weight is 659 g/mol. The van der Waals surface area contributed by atoms with Crippen LogP contribution in [0, 0.1) is 12.8 Å². The zero-order valence-corrected chi connectivity index (χ0v) is 29.0. The molecule has 2 aliphatic rings. The largest absolute Gasteiger partial charge is 0.359 e. The zero-order chi connectivity index (χ0) is 34.5. The van der Waals surface area contributed by atoms with E-state index < -0.39 is 6.04 Å². The van der Waals surface area contributed by atoms with E-state index in [1.54, 1.807) is 25.3 Å². The van der Waals surface area contributed by atoms with Crippen molar-refractivity contribution in [3.63, 3.8) is 0 Å². The maximum atomic E-state index is 14.2. The number of hydrogen-bond donors (Lipinski definition) is 4. The number of rotatable bonds is 17. The summed E-state index contributed by atoms with van der Waals surface area (Å²) in [5.41, 5.74) is 4.52. The molecule has 2 saturated heterocycles. The van der Waals surface area contributed by atoms with Crippen LogP contribution in [-0.4, -0.2) is 122 Å². The SMILES string of the molecule is C=C/C=C(C=C)/C=C(\C(=O)NC)C(CCNC=O)CCNC(Cc1cc(C)c2[nH]ncc2c1)C(=O)N1CCN(C2CCN(C)CC2)CC1. The number of fused-ring (bicyclic) bond motifs is 1. The topological polar surface area (TPSA) is 126 Å². The highest BCUT2D eigenvalue weighted by molar-refractivity contribution is 5.94. The summed E-state index contributed by atoms with van der Waals surface area (Å²) in [7, 11) is 3.80. The molecule has 0 radical (unpaired) electrons. The van der Waals surface area contributed by atoms with Crippen molar-refractivity contribution in [2.24, 2.45) is 5.92 Å². The Balaban J connectivity index is 1.52. The summed E-state index contributed by atoms with van der Waals surface area (Å²) in [5.74, 6) is -0.273. The molecule has 0 spiro atoms. The number of nitrogens with one attached hydrogen (secondary N) is 4. The van der Waals surface area contributed by atoms with Gasteiger partial charge in [-0.05, 0) is 100 Å². The number of hydrogen-bond acceptors (Lipinski definition) is 7. The number of likely N-dealkylation sites (tertiary alicyclic amines) is 1. The number of H-pyrrole nitrogens is 1. The number of piperidine rings is 1. The van der Waals surface area contributed by atoms with Gasteiger partial charge in [0.1, 0.15) is 0 Å². The highest BCUT2D eigenvalue weighted by Gasteiger charge is 2.31. The molecule has 2 fully saturated rings. The lowest BCUT2D eigenvalue weighted by Crippen LogP contribution is -2.57. The molecule has 0 aliphatic carbocycles. The minimum Gasteiger partial charge on any atom is -0.359 e. The van der Waals surface area contributed by atoms with Crippen LogP contribution in [-0.2, 0) is 20.8 Å². The predicted molar refractivity (Wildman–Crippen MR) is 192 cm³/mol. The minimum absolute atomic E-state index is 0.104. The van der Waals surface area contributed by atoms with Gasteiger partial charge in [0.05, 0.1) is 17.8 Å². The molecule has 3 heterocycles. The first-order chi connectivity index (χ1) is 23.3. The fourth-order valence-corrected chi connectivity index (χ4v) is 7.01. The van der Waals surface area contributed by atoms with Crippen LogP contribution in [0.5, 0.6) is 0 Å². The molecule has 2 atom stereocenters. The van der Waals surface area contributed by atoms with Gasteiger partial charge < -0.3 is 25.8 Å². The highest BCUT2D eigenvalue weighted by atomic mass is 16.2. The summed E-state index contributed by atoms with van der Waals surface area (Å²) in [6.45, 7) is 16.1. The summed E-state index contributed by atoms with van der Waals surface area (Å²) in [6, 6.07) is 4.39. The fourth-order valence-electron chi connectivity index (χ4n) is 7.01. The lowest BCUT2D eigenvalue weighted by atomic mass is 9.89. The van der Waals surface area contributed by atoms with E-state index in [1.807, 2.05) is 17.2 Å². The van der Waals surface area contributed by atoms with Crippen LogP contribution in [0.4, 0.5) is 0 Å². The van der Waals surface area contributed by atoms with Gasteiger partial charge in [0.15, 0.2) is 0 Å². The van der Waals surface area contributed by atoms with Crippen LogP contribution in [0.1, 0.15) is 36.8 Å². The van der Waals surface area contributed by atoms with Gasteiger partial charge in [-0.3, -0.25) is 24.4 Å². The molecule has 11 heteroatoms. The van der Waals surface area contributed by atoms with Gasteiger partial charge in [-0.2, -0.15) is 5.10 Å². The van der Waals surface area contributed by atoms with Crippen molar-refractivity contribution in [3.05, 3.63) is 78.1 Å². The smallest absolute Gasteiger partial charge is 0.247 e. The van der Waals surface area contributed by atoms with Gasteiger partial charge in [-0.15, -0.1) is 0 Å². The number of nitrogens with zero attached hydrogens (tertiary/aromatic N) is 4. The lowest BCUT2D eigenvalue weighted by molar-refractivity contribution is -0.135. The number of benzene rings is 1. The number of carbonyl (C=O) groups is 3. The van der Waals surface area contributed by atoms with Crippen LogP contribution >= 0.6 is 0 Å². The Kier molecular flexibility index (Phi) is 14.2. The molecule has 0 bridgehead atoms. The molecular formula is C37H54N8O3. The first-order valence-corrected chi connectivity index (χ1v) is 17.2. The molecule has 260 valence electrons. The second-order valence-electron chi connectivity index (χ2n) is 13.0. The molecule has 0 saturated carbocycles. The first-order valence-electron chi connectivity index (χ1n) is 17.2. The van der Waals surface area contributed by atoms with Crippen LogP contribution in [0.2, 0.25) is 0 Å². The molecule has 1 aromatic heterocycles. The summed E-state index contributed by atoms with van der Waals surface area (Å²) in [5, 5.41) is 17.4. The van der Waals surface area contributed by atoms with Crippen LogP contribution in [0.3, 0.4) is 0 Å². The van der Waals surface area contributed by atoms with Crippen molar-refractivity contribution in [2.75, 3.05) is 66.5 Å². The second-order valence-corrected chi connectivity index (χ2v) is 13.0. The molecular weight excluding hydrogens is 604 g/mol. The fraction of sp³-hybridized carbons (Fsp3) is 0.514. The normalized spacial score (nSPS) is 18.4. The van der Waals surface area contributed by atoms with E-state index in [2.05, 4.69) is 75.2 Å². The van der Waals surface area contributed by atoms with Gasteiger partial charge in [-0.25, -0.2) is 0 Å². The summed E-state index contributed by atoms with van der Waals surface area (Å²) < 4.78 is 0. The van der Waals surface area contributed by atoms with Crippen LogP contribution in [0.15, 0.2) is 66.9 Å². The number of amides is 3. The van der Waals surface area contributed by atoms with E-state index in [4.69, 9.17) is 0 Å². The van der Waals surface area contributed by atoms with Gasteiger partial charge in [-0.1, -0.05) is 37.5 Å². The van der Waals surface area contributed by atoms with Crippen molar-refractivity contribution in [1.29, 1.82) is 0 Å². The maximum Gasteiger partial charge on any atom is 0.247 e. The molecule has 2 aromatic rings. The van der Waals surface area contributed by atoms with Crippen LogP contribution < -0.4 is 16.0 Å². The van der Waals surface area contributed by atoms with Crippen molar-refractivity contribution in [2.45, 2.75) is 51.1 Å². The van der Waals surface area contributed by atoms with Crippen molar-refractivity contribution in [1.82, 2.24) is 40.8 Å². The molecule has 3 amide bonds. The van der Waals surface area contributed by atoms with Gasteiger partial charge >= 0.3 is 0 Å². The van der Waals surface area contributed by atoms with Gasteiger partial charge in [0, 0.05) is 56.8 Å². The Labute approximate surface area is 285 Å². The number of aryl methyl sites for hydroxylation is 1. The van der Waals surface area contributed by atoms with Gasteiger partial charge in [0.2, 0.25) is 18.2 Å². The highest BCUT2D eigenvalue weighted by Crippen LogP contribution is 2.24. The first kappa shape index (κ1) is 36.8. The zero-order valence-electron chi connectivity index (χ0n) is 29.0. The predicted octanol–water partition coefficient (Wildman–Crippen LogP) is 2.72. The Morgan fingerprint density at radius 3 is 2.48 bits per heavy atom. The number of aromatic nitrogens is 2. The lowest BCUT2D eigenvalue weighted by Gasteiger charge is -2.43. The Bertz CT molecular complexity index is 1460. The summed E-state index contributed by atoms with van der Waals surface area (Å²) in [6.07, 6.45) is 13.5. The van der Waals surface area contributed by atoms with E-state index in [0.29, 0.717) is 63.5 Å². The summed E-state index contributed by atoms with van der Waals surface area (Å²) >= 11 is 0. The van der Waals surface area contributed by atoms with E-state index in [0.717, 1.165) is 53.8 Å². The Morgan fingerprint density at radius 2 is 1.81 bits per heavy atom. The third-order valence-electron chi connectivity index (χ3n) is 9.78. The molecule has 4 rings (SSSR count). The summed E-state index contributed by atoms with van der Waals surface area (Å²) in [4.78, 5) is 45.4. The number of aromatic amines is 1. The van der Waals surface area contributed by atoms with E-state index in [9.17, 15) is 14.4 Å². The number of piperazine rings is 1. The van der Waals surface area contributed by atoms with Crippen LogP contribution in [0.25, 0.3) is 10.9 Å². The number of allylic oxidation sites excluding steroid dienone is 5. The third-order valence-corrected chi connectivity index (χ3v) is 9.78. The quantitative estimate of drug-likeness (QED) is 0.0892. The Morgan fingerprint density at radius 1 is 1.08 bits per heavy atom. The second kappa shape index (κ2) is 18.5. The molecule has 2 unspecified atom stereocenters. The van der Waals surface area contributed by atoms with E-state index in [-0.39, 0.29) is 17.7 Å². The average Bonchev–Trinajstić information content (AvgIpc) is 3.58. The van der Waals surface area contributed by atoms with Crippen molar-refractivity contribution < 1.29 is 14.4 Å². The molecule has 48 heavy (non-hydrogen) atoms. The molecule has 1 aromatic carbocycles. The van der Waals surface area contributed by atoms with E-state index in [1.165, 1.54) is 12.8 Å². The Hall–Kier alpha value is -4.06. The number of carbonyl (C=O) groups excluding carboxylic acids is 3. The maximum absolute atomic E-state index is 14.2. The van der Waals surface area contributed by atoms with Gasteiger partial charge in [0.25, 0.3) is 0 Å². The molecule has 11 nitrogen and oxygen atoms in total. The molecule has 4 N–H and O–H groups in total. The van der Waals surface area contributed by atoms with Crippen molar-refractivity contribution >= 4 is 29.1 Å². The monoisotopic (exact) mass is 658 g/mol. The third kappa shape index (κ3) is 9.98.